The lowest BCUT2D eigenvalue weighted by atomic mass is 10.1. The molecule has 2 aromatic carbocycles. The fraction of sp³-hybridized carbons (Fsp3) is 0.133. The molecule has 0 aliphatic heterocycles. The van der Waals surface area contributed by atoms with Crippen molar-refractivity contribution in [3.8, 4) is 0 Å². The summed E-state index contributed by atoms with van der Waals surface area (Å²) < 4.78 is 0. The summed E-state index contributed by atoms with van der Waals surface area (Å²) in [5.41, 5.74) is 8.69. The molecule has 0 radical (unpaired) electrons. The molecule has 0 heterocycles. The van der Waals surface area contributed by atoms with E-state index in [0.29, 0.717) is 11.3 Å². The van der Waals surface area contributed by atoms with Crippen LogP contribution in [0.15, 0.2) is 47.4 Å². The molecule has 0 saturated carbocycles. The molecule has 0 unspecified atom stereocenters. The summed E-state index contributed by atoms with van der Waals surface area (Å²) in [5.74, 6) is -0.145. The van der Waals surface area contributed by atoms with Gasteiger partial charge in [-0.15, -0.1) is 11.8 Å². The summed E-state index contributed by atoms with van der Waals surface area (Å²) in [6.45, 7) is 1.92. The highest BCUT2D eigenvalue weighted by Gasteiger charge is 2.07. The van der Waals surface area contributed by atoms with Crippen LogP contribution in [0.25, 0.3) is 0 Å². The third-order valence-electron chi connectivity index (χ3n) is 2.69. The van der Waals surface area contributed by atoms with Gasteiger partial charge in [-0.1, -0.05) is 6.07 Å². The van der Waals surface area contributed by atoms with Crippen molar-refractivity contribution in [2.75, 3.05) is 17.3 Å². The fourth-order valence-corrected chi connectivity index (χ4v) is 2.31. The minimum absolute atomic E-state index is 0.145. The smallest absolute Gasteiger partial charge is 0.255 e. The first-order chi connectivity index (χ1) is 9.08. The number of thioether (sulfide) groups is 1. The first-order valence-corrected chi connectivity index (χ1v) is 7.13. The maximum absolute atomic E-state index is 12.1. The zero-order valence-electron chi connectivity index (χ0n) is 10.9. The first-order valence-electron chi connectivity index (χ1n) is 5.91. The van der Waals surface area contributed by atoms with E-state index in [-0.39, 0.29) is 5.91 Å². The van der Waals surface area contributed by atoms with Crippen molar-refractivity contribution in [3.05, 3.63) is 53.6 Å². The van der Waals surface area contributed by atoms with Gasteiger partial charge >= 0.3 is 0 Å². The molecule has 3 nitrogen and oxygen atoms in total. The van der Waals surface area contributed by atoms with E-state index in [1.165, 1.54) is 0 Å². The normalized spacial score (nSPS) is 10.2. The molecule has 0 bridgehead atoms. The van der Waals surface area contributed by atoms with E-state index < -0.39 is 0 Å². The summed E-state index contributed by atoms with van der Waals surface area (Å²) in [4.78, 5) is 13.3. The van der Waals surface area contributed by atoms with Crippen LogP contribution in [0.3, 0.4) is 0 Å². The molecular weight excluding hydrogens is 256 g/mol. The second-order valence-electron chi connectivity index (χ2n) is 4.32. The van der Waals surface area contributed by atoms with Gasteiger partial charge in [0.25, 0.3) is 5.91 Å². The SMILES string of the molecule is CSc1cccc(NC(=O)c2cc(C)cc(N)c2)c1. The third kappa shape index (κ3) is 3.51. The van der Waals surface area contributed by atoms with Gasteiger partial charge in [0, 0.05) is 21.8 Å². The molecule has 2 aromatic rings. The van der Waals surface area contributed by atoms with Gasteiger partial charge in [-0.3, -0.25) is 4.79 Å². The number of anilines is 2. The van der Waals surface area contributed by atoms with Crippen LogP contribution in [0, 0.1) is 6.92 Å². The number of nitrogens with two attached hydrogens (primary N) is 1. The van der Waals surface area contributed by atoms with Crippen molar-refractivity contribution in [2.24, 2.45) is 0 Å². The van der Waals surface area contributed by atoms with Crippen molar-refractivity contribution >= 4 is 29.0 Å². The molecule has 2 rings (SSSR count). The van der Waals surface area contributed by atoms with Gasteiger partial charge in [-0.05, 0) is 55.1 Å². The van der Waals surface area contributed by atoms with Gasteiger partial charge in [0.2, 0.25) is 0 Å². The molecule has 0 aliphatic rings. The molecule has 0 aromatic heterocycles. The number of rotatable bonds is 3. The fourth-order valence-electron chi connectivity index (χ4n) is 1.85. The minimum Gasteiger partial charge on any atom is -0.399 e. The second kappa shape index (κ2) is 5.80. The quantitative estimate of drug-likeness (QED) is 0.663. The zero-order valence-corrected chi connectivity index (χ0v) is 11.8. The highest BCUT2D eigenvalue weighted by Crippen LogP contribution is 2.20. The van der Waals surface area contributed by atoms with Crippen molar-refractivity contribution in [1.82, 2.24) is 0 Å². The molecule has 3 N–H and O–H groups in total. The van der Waals surface area contributed by atoms with E-state index >= 15 is 0 Å². The Morgan fingerprint density at radius 3 is 2.68 bits per heavy atom. The number of benzene rings is 2. The van der Waals surface area contributed by atoms with Crippen molar-refractivity contribution < 1.29 is 4.79 Å². The molecular formula is C15H16N2OS. The lowest BCUT2D eigenvalue weighted by Crippen LogP contribution is -2.12. The van der Waals surface area contributed by atoms with Gasteiger partial charge in [-0.25, -0.2) is 0 Å². The highest BCUT2D eigenvalue weighted by atomic mass is 32.2. The number of hydrogen-bond acceptors (Lipinski definition) is 3. The van der Waals surface area contributed by atoms with Gasteiger partial charge in [-0.2, -0.15) is 0 Å². The Balaban J connectivity index is 2.20. The van der Waals surface area contributed by atoms with E-state index in [0.717, 1.165) is 16.1 Å². The molecule has 0 spiro atoms. The average Bonchev–Trinajstić information content (AvgIpc) is 2.37. The van der Waals surface area contributed by atoms with Crippen LogP contribution in [0.5, 0.6) is 0 Å². The monoisotopic (exact) mass is 272 g/mol. The second-order valence-corrected chi connectivity index (χ2v) is 5.20. The van der Waals surface area contributed by atoms with Gasteiger partial charge in [0.05, 0.1) is 0 Å². The third-order valence-corrected chi connectivity index (χ3v) is 3.41. The van der Waals surface area contributed by atoms with Crippen LogP contribution >= 0.6 is 11.8 Å². The van der Waals surface area contributed by atoms with Crippen LogP contribution in [-0.2, 0) is 0 Å². The van der Waals surface area contributed by atoms with Crippen molar-refractivity contribution in [1.29, 1.82) is 0 Å². The zero-order chi connectivity index (χ0) is 13.8. The number of nitrogen functional groups attached to an aromatic ring is 1. The minimum atomic E-state index is -0.145. The number of carbonyl (C=O) groups excluding carboxylic acids is 1. The van der Waals surface area contributed by atoms with Gasteiger partial charge < -0.3 is 11.1 Å². The molecule has 0 saturated heterocycles. The molecule has 0 atom stereocenters. The van der Waals surface area contributed by atoms with Crippen LogP contribution in [0.1, 0.15) is 15.9 Å². The molecule has 0 aliphatic carbocycles. The standard InChI is InChI=1S/C15H16N2OS/c1-10-6-11(8-12(16)7-10)15(18)17-13-4-3-5-14(9-13)19-2/h3-9H,16H2,1-2H3,(H,17,18). The highest BCUT2D eigenvalue weighted by molar-refractivity contribution is 7.98. The Hall–Kier alpha value is -1.94. The van der Waals surface area contributed by atoms with Crippen LogP contribution < -0.4 is 11.1 Å². The molecule has 19 heavy (non-hydrogen) atoms. The van der Waals surface area contributed by atoms with Crippen molar-refractivity contribution in [3.63, 3.8) is 0 Å². The topological polar surface area (TPSA) is 55.1 Å². The summed E-state index contributed by atoms with van der Waals surface area (Å²) in [5, 5.41) is 2.88. The largest absolute Gasteiger partial charge is 0.399 e. The molecule has 4 heteroatoms. The Bertz CT molecular complexity index is 591. The lowest BCUT2D eigenvalue weighted by molar-refractivity contribution is 0.102. The van der Waals surface area contributed by atoms with Crippen molar-refractivity contribution in [2.45, 2.75) is 11.8 Å². The van der Waals surface area contributed by atoms with Crippen LogP contribution in [-0.4, -0.2) is 12.2 Å². The number of aryl methyl sites for hydroxylation is 1. The summed E-state index contributed by atoms with van der Waals surface area (Å²) in [6, 6.07) is 13.1. The lowest BCUT2D eigenvalue weighted by Gasteiger charge is -2.08. The predicted molar refractivity (Wildman–Crippen MR) is 81.8 cm³/mol. The van der Waals surface area contributed by atoms with E-state index in [1.807, 2.05) is 49.6 Å². The average molecular weight is 272 g/mol. The Morgan fingerprint density at radius 1 is 1.21 bits per heavy atom. The van der Waals surface area contributed by atoms with Crippen LogP contribution in [0.2, 0.25) is 0 Å². The number of nitrogens with one attached hydrogen (secondary N) is 1. The summed E-state index contributed by atoms with van der Waals surface area (Å²) in [7, 11) is 0. The number of amides is 1. The van der Waals surface area contributed by atoms with Gasteiger partial charge in [0.15, 0.2) is 0 Å². The Kier molecular flexibility index (Phi) is 4.12. The van der Waals surface area contributed by atoms with E-state index in [2.05, 4.69) is 5.32 Å². The maximum Gasteiger partial charge on any atom is 0.255 e. The number of carbonyl (C=O) groups is 1. The molecule has 1 amide bonds. The van der Waals surface area contributed by atoms with E-state index in [9.17, 15) is 4.79 Å². The maximum atomic E-state index is 12.1. The summed E-state index contributed by atoms with van der Waals surface area (Å²) >= 11 is 1.64. The van der Waals surface area contributed by atoms with Crippen LogP contribution in [0.4, 0.5) is 11.4 Å². The summed E-state index contributed by atoms with van der Waals surface area (Å²) in [6.07, 6.45) is 2.00. The Morgan fingerprint density at radius 2 is 2.00 bits per heavy atom. The predicted octanol–water partition coefficient (Wildman–Crippen LogP) is 3.55. The van der Waals surface area contributed by atoms with Gasteiger partial charge in [0.1, 0.15) is 0 Å². The van der Waals surface area contributed by atoms with E-state index in [4.69, 9.17) is 5.73 Å². The number of hydrogen-bond donors (Lipinski definition) is 2. The van der Waals surface area contributed by atoms with E-state index in [1.54, 1.807) is 17.8 Å². The molecule has 98 valence electrons. The molecule has 0 fully saturated rings. The Labute approximate surface area is 117 Å². The first kappa shape index (κ1) is 13.5.